The van der Waals surface area contributed by atoms with Gasteiger partial charge in [-0.15, -0.1) is 5.10 Å². The number of nitrogens with zero attached hydrogens (tertiary/aromatic N) is 5. The van der Waals surface area contributed by atoms with Crippen LogP contribution in [-0.4, -0.2) is 52.6 Å². The number of benzene rings is 1. The Labute approximate surface area is 155 Å². The third-order valence-electron chi connectivity index (χ3n) is 4.17. The summed E-state index contributed by atoms with van der Waals surface area (Å²) in [7, 11) is 3.99. The molecule has 1 aromatic carbocycles. The van der Waals surface area contributed by atoms with E-state index in [0.29, 0.717) is 17.1 Å². The first kappa shape index (κ1) is 17.9. The monoisotopic (exact) mass is 375 g/mol. The molecular weight excluding hydrogens is 354 g/mol. The van der Waals surface area contributed by atoms with Crippen LogP contribution >= 0.6 is 22.9 Å². The molecular formula is C17H21N5OS2. The summed E-state index contributed by atoms with van der Waals surface area (Å²) in [5.74, 6) is -0.0808. The Kier molecular flexibility index (Phi) is 5.12. The van der Waals surface area contributed by atoms with Gasteiger partial charge in [0.05, 0.1) is 15.9 Å². The fourth-order valence-electron chi connectivity index (χ4n) is 2.46. The first-order valence-electron chi connectivity index (χ1n) is 8.00. The van der Waals surface area contributed by atoms with Crippen LogP contribution < -0.4 is 4.90 Å². The molecule has 0 bridgehead atoms. The molecule has 0 saturated carbocycles. The van der Waals surface area contributed by atoms with E-state index in [2.05, 4.69) is 40.5 Å². The Balaban J connectivity index is 2.03. The molecule has 1 amide bonds. The molecule has 0 N–H and O–H groups in total. The van der Waals surface area contributed by atoms with Gasteiger partial charge in [0, 0.05) is 13.1 Å². The third kappa shape index (κ3) is 3.56. The fraction of sp³-hybridized carbons (Fsp3) is 0.412. The molecule has 2 heterocycles. The second kappa shape index (κ2) is 7.15. The summed E-state index contributed by atoms with van der Waals surface area (Å²) in [6.07, 6.45) is 0. The number of amides is 1. The number of rotatable bonds is 5. The van der Waals surface area contributed by atoms with Crippen molar-refractivity contribution in [2.45, 2.75) is 20.8 Å². The first-order valence-corrected chi connectivity index (χ1v) is 9.59. The zero-order valence-corrected chi connectivity index (χ0v) is 16.7. The predicted molar refractivity (Wildman–Crippen MR) is 104 cm³/mol. The Bertz CT molecular complexity index is 915. The predicted octanol–water partition coefficient (Wildman–Crippen LogP) is 3.28. The minimum absolute atomic E-state index is 0.0808. The average Bonchev–Trinajstić information content (AvgIpc) is 3.17. The zero-order chi connectivity index (χ0) is 18.1. The van der Waals surface area contributed by atoms with E-state index in [9.17, 15) is 4.79 Å². The number of thiazole rings is 1. The number of anilines is 1. The van der Waals surface area contributed by atoms with Gasteiger partial charge >= 0.3 is 0 Å². The van der Waals surface area contributed by atoms with Gasteiger partial charge in [-0.25, -0.2) is 4.98 Å². The Morgan fingerprint density at radius 2 is 1.92 bits per heavy atom. The smallest absolute Gasteiger partial charge is 0.273 e. The van der Waals surface area contributed by atoms with E-state index in [4.69, 9.17) is 4.98 Å². The molecule has 0 spiro atoms. The quantitative estimate of drug-likeness (QED) is 0.685. The summed E-state index contributed by atoms with van der Waals surface area (Å²) in [4.78, 5) is 22.2. The second-order valence-electron chi connectivity index (χ2n) is 6.30. The molecule has 132 valence electrons. The molecule has 8 heteroatoms. The number of fused-ring (bicyclic) bond motifs is 1. The molecule has 0 radical (unpaired) electrons. The van der Waals surface area contributed by atoms with E-state index in [0.717, 1.165) is 39.0 Å². The van der Waals surface area contributed by atoms with Crippen molar-refractivity contribution in [2.75, 3.05) is 32.1 Å². The van der Waals surface area contributed by atoms with Gasteiger partial charge in [-0.05, 0) is 63.6 Å². The van der Waals surface area contributed by atoms with E-state index in [-0.39, 0.29) is 5.91 Å². The lowest BCUT2D eigenvalue weighted by molar-refractivity contribution is 0.0988. The Morgan fingerprint density at radius 1 is 1.16 bits per heavy atom. The number of likely N-dealkylation sites (N-methyl/N-ethyl adjacent to an activating group) is 1. The van der Waals surface area contributed by atoms with Crippen molar-refractivity contribution in [3.63, 3.8) is 0 Å². The van der Waals surface area contributed by atoms with E-state index in [1.807, 2.05) is 21.0 Å². The molecule has 2 aromatic heterocycles. The SMILES string of the molecule is Cc1ccc2sc(N(CCN(C)C)C(=O)c3snnc3C)nc2c1C. The lowest BCUT2D eigenvalue weighted by atomic mass is 10.1. The summed E-state index contributed by atoms with van der Waals surface area (Å²) >= 11 is 2.69. The molecule has 0 aliphatic rings. The van der Waals surface area contributed by atoms with Crippen LogP contribution in [0.15, 0.2) is 12.1 Å². The number of carbonyl (C=O) groups is 1. The van der Waals surface area contributed by atoms with Gasteiger partial charge in [-0.2, -0.15) is 0 Å². The topological polar surface area (TPSA) is 62.2 Å². The first-order chi connectivity index (χ1) is 11.9. The molecule has 3 aromatic rings. The highest BCUT2D eigenvalue weighted by atomic mass is 32.1. The Morgan fingerprint density at radius 3 is 2.56 bits per heavy atom. The van der Waals surface area contributed by atoms with E-state index >= 15 is 0 Å². The van der Waals surface area contributed by atoms with Crippen molar-refractivity contribution in [2.24, 2.45) is 0 Å². The number of aryl methyl sites for hydroxylation is 3. The minimum Gasteiger partial charge on any atom is -0.308 e. The maximum Gasteiger partial charge on any atom is 0.273 e. The molecule has 0 fully saturated rings. The van der Waals surface area contributed by atoms with Crippen molar-refractivity contribution >= 4 is 44.1 Å². The number of hydrogen-bond donors (Lipinski definition) is 0. The van der Waals surface area contributed by atoms with Gasteiger partial charge < -0.3 is 4.90 Å². The largest absolute Gasteiger partial charge is 0.308 e. The van der Waals surface area contributed by atoms with Gasteiger partial charge in [-0.3, -0.25) is 9.69 Å². The van der Waals surface area contributed by atoms with Gasteiger partial charge in [0.15, 0.2) is 5.13 Å². The molecule has 3 rings (SSSR count). The molecule has 25 heavy (non-hydrogen) atoms. The molecule has 0 unspecified atom stereocenters. The second-order valence-corrected chi connectivity index (χ2v) is 8.06. The standard InChI is InChI=1S/C17H21N5OS2/c1-10-6-7-13-14(11(10)2)18-17(24-13)22(9-8-21(4)5)16(23)15-12(3)19-20-25-15/h6-7H,8-9H2,1-5H3. The Hall–Kier alpha value is -1.90. The van der Waals surface area contributed by atoms with Crippen LogP contribution in [0.2, 0.25) is 0 Å². The zero-order valence-electron chi connectivity index (χ0n) is 15.0. The van der Waals surface area contributed by atoms with Crippen molar-refractivity contribution < 1.29 is 4.79 Å². The van der Waals surface area contributed by atoms with E-state index in [1.165, 1.54) is 5.56 Å². The van der Waals surface area contributed by atoms with Crippen LogP contribution in [0.3, 0.4) is 0 Å². The minimum atomic E-state index is -0.0808. The maximum atomic E-state index is 13.1. The summed E-state index contributed by atoms with van der Waals surface area (Å²) in [6.45, 7) is 7.29. The van der Waals surface area contributed by atoms with Crippen molar-refractivity contribution in [3.05, 3.63) is 33.8 Å². The number of hydrogen-bond acceptors (Lipinski definition) is 7. The molecule has 0 saturated heterocycles. The van der Waals surface area contributed by atoms with Crippen LogP contribution in [0.1, 0.15) is 26.5 Å². The molecule has 0 aliphatic heterocycles. The van der Waals surface area contributed by atoms with Crippen molar-refractivity contribution in [1.82, 2.24) is 19.5 Å². The van der Waals surface area contributed by atoms with Crippen LogP contribution in [0.4, 0.5) is 5.13 Å². The number of aromatic nitrogens is 3. The van der Waals surface area contributed by atoms with E-state index in [1.54, 1.807) is 16.2 Å². The van der Waals surface area contributed by atoms with Crippen LogP contribution in [0.5, 0.6) is 0 Å². The highest BCUT2D eigenvalue weighted by Crippen LogP contribution is 2.33. The van der Waals surface area contributed by atoms with E-state index < -0.39 is 0 Å². The van der Waals surface area contributed by atoms with Crippen molar-refractivity contribution in [3.8, 4) is 0 Å². The fourth-order valence-corrected chi connectivity index (χ4v) is 4.12. The highest BCUT2D eigenvalue weighted by Gasteiger charge is 2.25. The summed E-state index contributed by atoms with van der Waals surface area (Å²) in [5, 5.41) is 4.70. The van der Waals surface area contributed by atoms with Crippen LogP contribution in [-0.2, 0) is 0 Å². The number of carbonyl (C=O) groups excluding carboxylic acids is 1. The maximum absolute atomic E-state index is 13.1. The van der Waals surface area contributed by atoms with Crippen LogP contribution in [0.25, 0.3) is 10.2 Å². The summed E-state index contributed by atoms with van der Waals surface area (Å²) in [6, 6.07) is 4.18. The van der Waals surface area contributed by atoms with Gasteiger partial charge in [0.25, 0.3) is 5.91 Å². The molecule has 6 nitrogen and oxygen atoms in total. The summed E-state index contributed by atoms with van der Waals surface area (Å²) in [5.41, 5.74) is 4.01. The lowest BCUT2D eigenvalue weighted by Crippen LogP contribution is -2.36. The van der Waals surface area contributed by atoms with Gasteiger partial charge in [-0.1, -0.05) is 21.9 Å². The molecule has 0 aliphatic carbocycles. The van der Waals surface area contributed by atoms with Crippen molar-refractivity contribution in [1.29, 1.82) is 0 Å². The average molecular weight is 376 g/mol. The molecule has 0 atom stereocenters. The lowest BCUT2D eigenvalue weighted by Gasteiger charge is -2.21. The normalized spacial score (nSPS) is 11.4. The third-order valence-corrected chi connectivity index (χ3v) is 6.03. The highest BCUT2D eigenvalue weighted by molar-refractivity contribution is 7.22. The van der Waals surface area contributed by atoms with Gasteiger partial charge in [0.1, 0.15) is 4.88 Å². The summed E-state index contributed by atoms with van der Waals surface area (Å²) < 4.78 is 5.00. The van der Waals surface area contributed by atoms with Crippen LogP contribution in [0, 0.1) is 20.8 Å². The van der Waals surface area contributed by atoms with Gasteiger partial charge in [0.2, 0.25) is 0 Å².